The van der Waals surface area contributed by atoms with Gasteiger partial charge in [-0.1, -0.05) is 20.3 Å². The third-order valence-corrected chi connectivity index (χ3v) is 11.8. The molecule has 4 saturated carbocycles. The van der Waals surface area contributed by atoms with Crippen LogP contribution in [0.5, 0.6) is 0 Å². The third-order valence-electron chi connectivity index (χ3n) is 11.8. The van der Waals surface area contributed by atoms with Crippen LogP contribution >= 0.6 is 0 Å². The maximum atomic E-state index is 13.2. The van der Waals surface area contributed by atoms with Gasteiger partial charge in [-0.2, -0.15) is 0 Å². The molecule has 4 aliphatic rings. The van der Waals surface area contributed by atoms with E-state index in [4.69, 9.17) is 14.5 Å². The fourth-order valence-electron chi connectivity index (χ4n) is 8.99. The number of aliphatic carboxylic acids is 2. The highest BCUT2D eigenvalue weighted by Gasteiger charge is 2.46. The molecule has 0 aromatic rings. The molecule has 4 fully saturated rings. The second-order valence-electron chi connectivity index (χ2n) is 14.6. The summed E-state index contributed by atoms with van der Waals surface area (Å²) in [5, 5.41) is 41.9. The molecule has 0 heterocycles. The zero-order valence-corrected chi connectivity index (χ0v) is 27.6. The standard InChI is InChI=1S/C33H52N2O12/c1-3-21-14-19(5-11-29(21)46-33(40)28-17-25(35(43)44)8-10-27(28)32(38)39)13-20-6-12-30(22(4-2)15-20)47-45-18-23-16-24(34(41)42)7-9-26(23)31(36)37/h19-30H,3-18H2,1-2H3,(H,36,37)(H,38,39). The minimum atomic E-state index is -1.11. The van der Waals surface area contributed by atoms with E-state index in [1.807, 2.05) is 0 Å². The highest BCUT2D eigenvalue weighted by atomic mass is 17.2. The fourth-order valence-corrected chi connectivity index (χ4v) is 8.99. The molecule has 0 radical (unpaired) electrons. The van der Waals surface area contributed by atoms with Crippen LogP contribution in [0.1, 0.15) is 110 Å². The van der Waals surface area contributed by atoms with Crippen molar-refractivity contribution in [2.24, 2.45) is 47.3 Å². The molecule has 4 rings (SSSR count). The van der Waals surface area contributed by atoms with Crippen LogP contribution < -0.4 is 0 Å². The molecular weight excluding hydrogens is 616 g/mol. The molecule has 12 unspecified atom stereocenters. The Labute approximate surface area is 275 Å². The number of rotatable bonds is 14. The Balaban J connectivity index is 1.24. The summed E-state index contributed by atoms with van der Waals surface area (Å²) < 4.78 is 5.93. The van der Waals surface area contributed by atoms with Gasteiger partial charge in [0.2, 0.25) is 12.1 Å². The molecule has 0 aliphatic heterocycles. The molecule has 0 amide bonds. The second kappa shape index (κ2) is 17.0. The Morgan fingerprint density at radius 3 is 1.74 bits per heavy atom. The van der Waals surface area contributed by atoms with Crippen molar-refractivity contribution in [3.8, 4) is 0 Å². The molecule has 0 bridgehead atoms. The smallest absolute Gasteiger partial charge is 0.310 e. The number of nitro groups is 2. The normalized spacial score (nSPS) is 37.8. The molecule has 0 saturated heterocycles. The summed E-state index contributed by atoms with van der Waals surface area (Å²) in [5.41, 5.74) is 0. The third kappa shape index (κ3) is 9.61. The Hall–Kier alpha value is -2.87. The molecule has 266 valence electrons. The molecule has 2 N–H and O–H groups in total. The lowest BCUT2D eigenvalue weighted by Gasteiger charge is -2.40. The number of hydrogen-bond acceptors (Lipinski definition) is 10. The summed E-state index contributed by atoms with van der Waals surface area (Å²) >= 11 is 0. The zero-order valence-electron chi connectivity index (χ0n) is 27.6. The largest absolute Gasteiger partial charge is 0.481 e. The number of carboxylic acids is 2. The van der Waals surface area contributed by atoms with Crippen LogP contribution in [0.25, 0.3) is 0 Å². The lowest BCUT2D eigenvalue weighted by molar-refractivity contribution is -0.529. The van der Waals surface area contributed by atoms with E-state index in [-0.39, 0.29) is 74.1 Å². The quantitative estimate of drug-likeness (QED) is 0.101. The Kier molecular flexibility index (Phi) is 13.4. The van der Waals surface area contributed by atoms with Gasteiger partial charge in [-0.25, -0.2) is 9.78 Å². The number of nitrogens with zero attached hydrogens (tertiary/aromatic N) is 2. The van der Waals surface area contributed by atoms with Crippen molar-refractivity contribution < 1.29 is 49.0 Å². The van der Waals surface area contributed by atoms with Crippen molar-refractivity contribution in [3.05, 3.63) is 20.2 Å². The van der Waals surface area contributed by atoms with Gasteiger partial charge in [-0.3, -0.25) is 34.6 Å². The highest BCUT2D eigenvalue weighted by Crippen LogP contribution is 2.43. The average molecular weight is 669 g/mol. The minimum absolute atomic E-state index is 0.0257. The SMILES string of the molecule is CCC1CC(CC2CCC(OC(=O)C3CC([N+](=O)[O-])CCC3C(=O)O)C(CC)C2)CCC1OOCC1CC([N+](=O)[O-])CCC1C(=O)O. The molecule has 12 atom stereocenters. The van der Waals surface area contributed by atoms with E-state index in [0.717, 1.165) is 51.4 Å². The van der Waals surface area contributed by atoms with Crippen LogP contribution in [-0.2, 0) is 28.9 Å². The minimum Gasteiger partial charge on any atom is -0.481 e. The maximum Gasteiger partial charge on any atom is 0.310 e. The topological polar surface area (TPSA) is 206 Å². The molecular formula is C33H52N2O12. The van der Waals surface area contributed by atoms with Crippen LogP contribution in [-0.4, -0.2) is 68.9 Å². The van der Waals surface area contributed by atoms with Crippen LogP contribution in [0.15, 0.2) is 0 Å². The van der Waals surface area contributed by atoms with Crippen molar-refractivity contribution in [2.45, 2.75) is 134 Å². The van der Waals surface area contributed by atoms with E-state index in [9.17, 15) is 44.8 Å². The predicted octanol–water partition coefficient (Wildman–Crippen LogP) is 5.55. The van der Waals surface area contributed by atoms with Crippen LogP contribution in [0.4, 0.5) is 0 Å². The van der Waals surface area contributed by atoms with E-state index >= 15 is 0 Å². The summed E-state index contributed by atoms with van der Waals surface area (Å²) in [6, 6.07) is -1.68. The van der Waals surface area contributed by atoms with E-state index in [2.05, 4.69) is 13.8 Å². The van der Waals surface area contributed by atoms with Crippen molar-refractivity contribution in [2.75, 3.05) is 6.61 Å². The predicted molar refractivity (Wildman–Crippen MR) is 166 cm³/mol. The van der Waals surface area contributed by atoms with Gasteiger partial charge in [-0.05, 0) is 87.9 Å². The van der Waals surface area contributed by atoms with Gasteiger partial charge in [-0.15, -0.1) is 0 Å². The Morgan fingerprint density at radius 1 is 0.660 bits per heavy atom. The highest BCUT2D eigenvalue weighted by molar-refractivity contribution is 5.81. The summed E-state index contributed by atoms with van der Waals surface area (Å²) in [7, 11) is 0. The van der Waals surface area contributed by atoms with Gasteiger partial charge >= 0.3 is 17.9 Å². The van der Waals surface area contributed by atoms with Crippen molar-refractivity contribution >= 4 is 17.9 Å². The fraction of sp³-hybridized carbons (Fsp3) is 0.909. The lowest BCUT2D eigenvalue weighted by atomic mass is 9.70. The van der Waals surface area contributed by atoms with Crippen LogP contribution in [0.2, 0.25) is 0 Å². The van der Waals surface area contributed by atoms with E-state index in [0.29, 0.717) is 18.3 Å². The maximum absolute atomic E-state index is 13.2. The summed E-state index contributed by atoms with van der Waals surface area (Å²) in [5.74, 6) is -4.36. The lowest BCUT2D eigenvalue weighted by Crippen LogP contribution is -2.43. The number of hydrogen-bond donors (Lipinski definition) is 2. The molecule has 0 aromatic carbocycles. The first-order chi connectivity index (χ1) is 22.4. The zero-order chi connectivity index (χ0) is 34.2. The number of carbonyl (C=O) groups excluding carboxylic acids is 1. The number of carboxylic acid groups (broad SMARTS) is 2. The number of esters is 1. The number of carbonyl (C=O) groups is 3. The van der Waals surface area contributed by atoms with E-state index in [1.165, 1.54) is 0 Å². The molecule has 47 heavy (non-hydrogen) atoms. The van der Waals surface area contributed by atoms with Gasteiger partial charge < -0.3 is 14.9 Å². The van der Waals surface area contributed by atoms with Gasteiger partial charge in [0.15, 0.2) is 0 Å². The Morgan fingerprint density at radius 2 is 1.19 bits per heavy atom. The molecule has 14 nitrogen and oxygen atoms in total. The van der Waals surface area contributed by atoms with E-state index < -0.39 is 58.6 Å². The van der Waals surface area contributed by atoms with Crippen molar-refractivity contribution in [3.63, 3.8) is 0 Å². The molecule has 14 heteroatoms. The average Bonchev–Trinajstić information content (AvgIpc) is 3.05. The summed E-state index contributed by atoms with van der Waals surface area (Å²) in [4.78, 5) is 70.1. The number of ether oxygens (including phenoxy) is 1. The van der Waals surface area contributed by atoms with Gasteiger partial charge in [0.05, 0.1) is 30.5 Å². The molecule has 0 spiro atoms. The molecule has 4 aliphatic carbocycles. The van der Waals surface area contributed by atoms with Crippen molar-refractivity contribution in [1.82, 2.24) is 0 Å². The van der Waals surface area contributed by atoms with Crippen molar-refractivity contribution in [1.29, 1.82) is 0 Å². The van der Waals surface area contributed by atoms with Gasteiger partial charge in [0.25, 0.3) is 0 Å². The summed E-state index contributed by atoms with van der Waals surface area (Å²) in [6.07, 6.45) is 8.45. The first-order valence-electron chi connectivity index (χ1n) is 17.6. The van der Waals surface area contributed by atoms with E-state index in [1.54, 1.807) is 0 Å². The van der Waals surface area contributed by atoms with Crippen LogP contribution in [0.3, 0.4) is 0 Å². The molecule has 0 aromatic heterocycles. The van der Waals surface area contributed by atoms with Gasteiger partial charge in [0, 0.05) is 41.4 Å². The first kappa shape index (κ1) is 37.0. The monoisotopic (exact) mass is 668 g/mol. The second-order valence-corrected chi connectivity index (χ2v) is 14.6. The first-order valence-corrected chi connectivity index (χ1v) is 17.6. The van der Waals surface area contributed by atoms with Gasteiger partial charge in [0.1, 0.15) is 6.10 Å². The summed E-state index contributed by atoms with van der Waals surface area (Å²) in [6.45, 7) is 4.21. The van der Waals surface area contributed by atoms with Crippen LogP contribution in [0, 0.1) is 67.6 Å². The Bertz CT molecular complexity index is 1120.